The second-order valence-electron chi connectivity index (χ2n) is 10.6. The van der Waals surface area contributed by atoms with Gasteiger partial charge in [-0.05, 0) is 69.7 Å². The van der Waals surface area contributed by atoms with E-state index in [4.69, 9.17) is 4.74 Å². The molecule has 0 aromatic heterocycles. The van der Waals surface area contributed by atoms with E-state index < -0.39 is 22.4 Å². The van der Waals surface area contributed by atoms with E-state index in [-0.39, 0.29) is 22.5 Å². The summed E-state index contributed by atoms with van der Waals surface area (Å²) in [5.74, 6) is -1.92. The molecule has 0 fully saturated rings. The number of hydrogen-bond donors (Lipinski definition) is 3. The Labute approximate surface area is 237 Å². The largest absolute Gasteiger partial charge is 0.464 e. The van der Waals surface area contributed by atoms with Crippen molar-refractivity contribution in [3.63, 3.8) is 0 Å². The minimum Gasteiger partial charge on any atom is -0.464 e. The van der Waals surface area contributed by atoms with E-state index in [0.717, 1.165) is 37.7 Å². The molecule has 0 saturated carbocycles. The third-order valence-corrected chi connectivity index (χ3v) is 10.4. The quantitative estimate of drug-likeness (QED) is 0.112. The molecule has 0 unspecified atom stereocenters. The first kappa shape index (κ1) is 31.1. The lowest BCUT2D eigenvalue weighted by Crippen LogP contribution is -2.36. The van der Waals surface area contributed by atoms with Crippen molar-refractivity contribution >= 4 is 45.4 Å². The van der Waals surface area contributed by atoms with Crippen LogP contribution in [0.1, 0.15) is 53.9 Å². The standard InChI is InChI=1S/C29H41FN2O5S2/c1-8-28(4,5)31-20-11-13-21(14-12-20)32-18-29(9-2,10-3)19-39(34,35)26-16-24(25(38-7)15-23(26)32)37-17-22(30)27(33)36-6/h11-17,31,34-35H,8-10,18-19H2,1-7H3/b22-17-. The van der Waals surface area contributed by atoms with Gasteiger partial charge in [0, 0.05) is 40.7 Å². The molecule has 0 aliphatic carbocycles. The summed E-state index contributed by atoms with van der Waals surface area (Å²) in [6.07, 6.45) is 5.04. The molecule has 1 aliphatic rings. The number of carbonyl (C=O) groups is 1. The lowest BCUT2D eigenvalue weighted by atomic mass is 9.83. The fourth-order valence-electron chi connectivity index (χ4n) is 4.60. The second-order valence-corrected chi connectivity index (χ2v) is 13.5. The Kier molecular flexibility index (Phi) is 9.91. The summed E-state index contributed by atoms with van der Waals surface area (Å²) in [6, 6.07) is 11.6. The van der Waals surface area contributed by atoms with Crippen LogP contribution in [0.5, 0.6) is 5.75 Å². The molecule has 39 heavy (non-hydrogen) atoms. The van der Waals surface area contributed by atoms with Gasteiger partial charge < -0.3 is 19.7 Å². The minimum atomic E-state index is -3.24. The molecule has 0 atom stereocenters. The highest BCUT2D eigenvalue weighted by molar-refractivity contribution is 8.24. The maximum atomic E-state index is 14.1. The molecule has 3 rings (SSSR count). The summed E-state index contributed by atoms with van der Waals surface area (Å²) in [5.41, 5.74) is 2.21. The van der Waals surface area contributed by atoms with E-state index in [1.807, 2.05) is 36.6 Å². The molecule has 0 spiro atoms. The lowest BCUT2D eigenvalue weighted by Gasteiger charge is -2.40. The second kappa shape index (κ2) is 12.4. The Hall–Kier alpha value is -2.40. The van der Waals surface area contributed by atoms with Crippen LogP contribution in [-0.4, -0.2) is 46.3 Å². The van der Waals surface area contributed by atoms with Gasteiger partial charge >= 0.3 is 5.97 Å². The monoisotopic (exact) mass is 580 g/mol. The zero-order valence-corrected chi connectivity index (χ0v) is 25.5. The van der Waals surface area contributed by atoms with E-state index in [9.17, 15) is 18.3 Å². The van der Waals surface area contributed by atoms with Gasteiger partial charge in [-0.3, -0.25) is 9.11 Å². The van der Waals surface area contributed by atoms with Crippen molar-refractivity contribution in [2.45, 2.75) is 69.2 Å². The first-order valence-corrected chi connectivity index (χ1v) is 16.0. The number of methoxy groups -OCH3 is 1. The highest BCUT2D eigenvalue weighted by Gasteiger charge is 2.41. The molecule has 1 heterocycles. The average Bonchev–Trinajstić information content (AvgIpc) is 3.02. The normalized spacial score (nSPS) is 17.6. The SMILES string of the molecule is CCC1(CC)CN(c2ccc(NC(C)(C)CC)cc2)c2cc(SC)c(O/C=C(\F)C(=O)OC)cc2S(O)(O)C1. The van der Waals surface area contributed by atoms with E-state index in [0.29, 0.717) is 28.3 Å². The molecule has 0 bridgehead atoms. The van der Waals surface area contributed by atoms with Crippen molar-refractivity contribution < 1.29 is 27.8 Å². The minimum absolute atomic E-state index is 0.0432. The molecule has 0 saturated heterocycles. The van der Waals surface area contributed by atoms with Crippen molar-refractivity contribution in [3.8, 4) is 5.75 Å². The Morgan fingerprint density at radius 3 is 2.38 bits per heavy atom. The number of anilines is 3. The van der Waals surface area contributed by atoms with Gasteiger partial charge in [0.05, 0.1) is 22.6 Å². The van der Waals surface area contributed by atoms with Gasteiger partial charge in [0.15, 0.2) is 0 Å². The van der Waals surface area contributed by atoms with Crippen molar-refractivity contribution in [2.24, 2.45) is 5.41 Å². The number of thioether (sulfide) groups is 1. The van der Waals surface area contributed by atoms with Crippen LogP contribution in [0.3, 0.4) is 0 Å². The number of hydrogen-bond acceptors (Lipinski definition) is 8. The maximum Gasteiger partial charge on any atom is 0.370 e. The summed E-state index contributed by atoms with van der Waals surface area (Å²) in [4.78, 5) is 14.6. The number of esters is 1. The fraction of sp³-hybridized carbons (Fsp3) is 0.483. The van der Waals surface area contributed by atoms with Crippen LogP contribution in [0.15, 0.2) is 58.3 Å². The van der Waals surface area contributed by atoms with E-state index in [1.54, 1.807) is 6.07 Å². The molecule has 7 nitrogen and oxygen atoms in total. The number of ether oxygens (including phenoxy) is 2. The van der Waals surface area contributed by atoms with E-state index in [1.165, 1.54) is 11.8 Å². The maximum absolute atomic E-state index is 14.1. The highest BCUT2D eigenvalue weighted by Crippen LogP contribution is 2.61. The van der Waals surface area contributed by atoms with Crippen LogP contribution in [0.2, 0.25) is 0 Å². The van der Waals surface area contributed by atoms with Gasteiger partial charge in [0.25, 0.3) is 0 Å². The molecule has 0 radical (unpaired) electrons. The van der Waals surface area contributed by atoms with Crippen LogP contribution in [0.4, 0.5) is 21.5 Å². The third kappa shape index (κ3) is 7.03. The van der Waals surface area contributed by atoms with E-state index >= 15 is 0 Å². The summed E-state index contributed by atoms with van der Waals surface area (Å²) in [7, 11) is -2.16. The molecular weight excluding hydrogens is 539 g/mol. The summed E-state index contributed by atoms with van der Waals surface area (Å²) in [5, 5.41) is 3.56. The zero-order chi connectivity index (χ0) is 29.0. The van der Waals surface area contributed by atoms with Crippen LogP contribution >= 0.6 is 22.4 Å². The first-order chi connectivity index (χ1) is 18.3. The number of halogens is 1. The Morgan fingerprint density at radius 1 is 1.21 bits per heavy atom. The highest BCUT2D eigenvalue weighted by atomic mass is 32.3. The van der Waals surface area contributed by atoms with Crippen molar-refractivity contribution in [3.05, 3.63) is 48.5 Å². The average molecular weight is 581 g/mol. The first-order valence-electron chi connectivity index (χ1n) is 13.1. The predicted octanol–water partition coefficient (Wildman–Crippen LogP) is 8.44. The van der Waals surface area contributed by atoms with Crippen LogP contribution in [0, 0.1) is 5.41 Å². The summed E-state index contributed by atoms with van der Waals surface area (Å²) < 4.78 is 47.1. The lowest BCUT2D eigenvalue weighted by molar-refractivity contribution is -0.137. The third-order valence-electron chi connectivity index (χ3n) is 7.60. The van der Waals surface area contributed by atoms with Gasteiger partial charge in [-0.15, -0.1) is 11.8 Å². The number of benzene rings is 2. The molecular formula is C29H41FN2O5S2. The van der Waals surface area contributed by atoms with Gasteiger partial charge in [-0.1, -0.05) is 20.8 Å². The van der Waals surface area contributed by atoms with Crippen molar-refractivity contribution in [1.82, 2.24) is 0 Å². The van der Waals surface area contributed by atoms with Crippen LogP contribution in [0.25, 0.3) is 0 Å². The molecule has 2 aromatic rings. The number of nitrogens with one attached hydrogen (secondary N) is 1. The number of fused-ring (bicyclic) bond motifs is 1. The van der Waals surface area contributed by atoms with Crippen LogP contribution < -0.4 is 15.0 Å². The Balaban J connectivity index is 2.16. The molecule has 10 heteroatoms. The van der Waals surface area contributed by atoms with Crippen molar-refractivity contribution in [2.75, 3.05) is 35.9 Å². The van der Waals surface area contributed by atoms with Gasteiger partial charge in [0.2, 0.25) is 5.83 Å². The molecule has 0 amide bonds. The molecule has 2 aromatic carbocycles. The van der Waals surface area contributed by atoms with Gasteiger partial charge in [0.1, 0.15) is 12.0 Å². The summed E-state index contributed by atoms with van der Waals surface area (Å²) in [6.45, 7) is 11.2. The molecule has 3 N–H and O–H groups in total. The zero-order valence-electron chi connectivity index (χ0n) is 23.8. The topological polar surface area (TPSA) is 91.3 Å². The number of carbonyl (C=O) groups excluding carboxylic acids is 1. The number of nitrogens with zero attached hydrogens (tertiary/aromatic N) is 1. The van der Waals surface area contributed by atoms with Gasteiger partial charge in [-0.2, -0.15) is 15.0 Å². The Bertz CT molecular complexity index is 1200. The van der Waals surface area contributed by atoms with Gasteiger partial charge in [-0.25, -0.2) is 4.79 Å². The van der Waals surface area contributed by atoms with E-state index in [2.05, 4.69) is 49.6 Å². The van der Waals surface area contributed by atoms with Crippen LogP contribution in [-0.2, 0) is 9.53 Å². The summed E-state index contributed by atoms with van der Waals surface area (Å²) >= 11 is 1.38. The number of rotatable bonds is 10. The smallest absolute Gasteiger partial charge is 0.370 e. The fourth-order valence-corrected chi connectivity index (χ4v) is 7.45. The van der Waals surface area contributed by atoms with Crippen molar-refractivity contribution in [1.29, 1.82) is 0 Å². The predicted molar refractivity (Wildman–Crippen MR) is 160 cm³/mol. The Morgan fingerprint density at radius 2 is 1.85 bits per heavy atom. The molecule has 1 aliphatic heterocycles. The molecule has 216 valence electrons.